The van der Waals surface area contributed by atoms with E-state index >= 15 is 0 Å². The van der Waals surface area contributed by atoms with Gasteiger partial charge in [-0.1, -0.05) is 30.4 Å². The molecule has 2 aromatic rings. The minimum Gasteiger partial charge on any atom is -0.402 e. The van der Waals surface area contributed by atoms with Crippen molar-refractivity contribution in [3.8, 4) is 11.6 Å². The predicted molar refractivity (Wildman–Crippen MR) is 68.0 cm³/mol. The van der Waals surface area contributed by atoms with Crippen LogP contribution in [0, 0.1) is 0 Å². The quantitative estimate of drug-likeness (QED) is 0.899. The second-order valence-electron chi connectivity index (χ2n) is 4.61. The summed E-state index contributed by atoms with van der Waals surface area (Å²) in [4.78, 5) is 4.19. The first kappa shape index (κ1) is 11.2. The van der Waals surface area contributed by atoms with Crippen LogP contribution < -0.4 is 5.32 Å². The van der Waals surface area contributed by atoms with E-state index in [2.05, 4.69) is 20.5 Å². The molecule has 0 atom stereocenters. The van der Waals surface area contributed by atoms with E-state index in [1.54, 1.807) is 6.20 Å². The lowest BCUT2D eigenvalue weighted by Gasteiger charge is -2.21. The zero-order valence-corrected chi connectivity index (χ0v) is 10.2. The fraction of sp³-hybridized carbons (Fsp3) is 0.462. The Morgan fingerprint density at radius 3 is 2.78 bits per heavy atom. The van der Waals surface area contributed by atoms with E-state index in [-0.39, 0.29) is 0 Å². The Labute approximate surface area is 106 Å². The summed E-state index contributed by atoms with van der Waals surface area (Å²) in [5.41, 5.74) is 0.710. The van der Waals surface area contributed by atoms with E-state index in [9.17, 15) is 0 Å². The Balaban J connectivity index is 1.69. The Hall–Kier alpha value is -1.91. The van der Waals surface area contributed by atoms with Gasteiger partial charge in [-0.3, -0.25) is 4.98 Å². The fourth-order valence-corrected chi connectivity index (χ4v) is 2.30. The van der Waals surface area contributed by atoms with Crippen molar-refractivity contribution in [3.63, 3.8) is 0 Å². The third-order valence-electron chi connectivity index (χ3n) is 3.24. The molecule has 0 aromatic carbocycles. The van der Waals surface area contributed by atoms with Crippen LogP contribution in [0.25, 0.3) is 11.6 Å². The lowest BCUT2D eigenvalue weighted by molar-refractivity contribution is 0.449. The molecule has 0 saturated heterocycles. The second-order valence-corrected chi connectivity index (χ2v) is 4.61. The molecule has 18 heavy (non-hydrogen) atoms. The number of rotatable bonds is 3. The molecule has 94 valence electrons. The van der Waals surface area contributed by atoms with Gasteiger partial charge in [0, 0.05) is 12.2 Å². The van der Waals surface area contributed by atoms with Gasteiger partial charge in [-0.05, 0) is 25.0 Å². The summed E-state index contributed by atoms with van der Waals surface area (Å²) in [6.07, 6.45) is 7.97. The van der Waals surface area contributed by atoms with Crippen LogP contribution in [0.3, 0.4) is 0 Å². The van der Waals surface area contributed by atoms with Gasteiger partial charge in [0.25, 0.3) is 5.89 Å². The molecule has 0 radical (unpaired) electrons. The van der Waals surface area contributed by atoms with Crippen LogP contribution in [0.5, 0.6) is 0 Å². The van der Waals surface area contributed by atoms with E-state index in [1.165, 1.54) is 32.1 Å². The third-order valence-corrected chi connectivity index (χ3v) is 3.24. The average Bonchev–Trinajstić information content (AvgIpc) is 2.89. The molecule has 5 heteroatoms. The minimum atomic E-state index is 0.467. The summed E-state index contributed by atoms with van der Waals surface area (Å²) >= 11 is 0. The minimum absolute atomic E-state index is 0.467. The van der Waals surface area contributed by atoms with Crippen LogP contribution in [0.15, 0.2) is 28.8 Å². The first-order valence-electron chi connectivity index (χ1n) is 6.43. The van der Waals surface area contributed by atoms with Crippen molar-refractivity contribution < 1.29 is 4.42 Å². The standard InChI is InChI=1S/C13H16N4O/c1-2-6-10(7-3-1)15-13-17-16-12(18-13)11-8-4-5-9-14-11/h4-5,8-10H,1-3,6-7H2,(H,15,17). The summed E-state index contributed by atoms with van der Waals surface area (Å²) in [6, 6.07) is 6.60. The number of anilines is 1. The molecule has 0 amide bonds. The fourth-order valence-electron chi connectivity index (χ4n) is 2.30. The molecule has 0 bridgehead atoms. The van der Waals surface area contributed by atoms with Gasteiger partial charge in [-0.2, -0.15) is 0 Å². The van der Waals surface area contributed by atoms with Crippen LogP contribution in [0.2, 0.25) is 0 Å². The molecular weight excluding hydrogens is 228 g/mol. The molecule has 1 aliphatic rings. The van der Waals surface area contributed by atoms with Crippen LogP contribution in [0.4, 0.5) is 6.01 Å². The lowest BCUT2D eigenvalue weighted by Crippen LogP contribution is -2.22. The molecule has 0 aliphatic heterocycles. The first-order valence-corrected chi connectivity index (χ1v) is 6.43. The molecule has 1 aliphatic carbocycles. The molecular formula is C13H16N4O. The van der Waals surface area contributed by atoms with Crippen molar-refractivity contribution in [1.29, 1.82) is 0 Å². The normalized spacial score (nSPS) is 16.7. The summed E-state index contributed by atoms with van der Waals surface area (Å²) in [5.74, 6) is 0.467. The smallest absolute Gasteiger partial charge is 0.316 e. The molecule has 1 saturated carbocycles. The number of hydrogen-bond acceptors (Lipinski definition) is 5. The zero-order chi connectivity index (χ0) is 12.2. The molecule has 1 N–H and O–H groups in total. The molecule has 2 heterocycles. The number of pyridine rings is 1. The van der Waals surface area contributed by atoms with Crippen molar-refractivity contribution in [2.75, 3.05) is 5.32 Å². The van der Waals surface area contributed by atoms with Crippen molar-refractivity contribution in [3.05, 3.63) is 24.4 Å². The zero-order valence-electron chi connectivity index (χ0n) is 10.2. The number of hydrogen-bond donors (Lipinski definition) is 1. The molecule has 3 rings (SSSR count). The van der Waals surface area contributed by atoms with E-state index in [0.29, 0.717) is 23.6 Å². The van der Waals surface area contributed by atoms with Gasteiger partial charge in [0.2, 0.25) is 0 Å². The van der Waals surface area contributed by atoms with Gasteiger partial charge in [0.15, 0.2) is 0 Å². The highest BCUT2D eigenvalue weighted by molar-refractivity contribution is 5.46. The van der Waals surface area contributed by atoms with Gasteiger partial charge in [0.05, 0.1) is 0 Å². The largest absolute Gasteiger partial charge is 0.402 e. The summed E-state index contributed by atoms with van der Waals surface area (Å²) in [6.45, 7) is 0. The SMILES string of the molecule is c1ccc(-c2nnc(NC3CCCCC3)o2)nc1. The Kier molecular flexibility index (Phi) is 3.21. The highest BCUT2D eigenvalue weighted by Gasteiger charge is 2.16. The summed E-state index contributed by atoms with van der Waals surface area (Å²) in [7, 11) is 0. The van der Waals surface area contributed by atoms with Crippen LogP contribution in [-0.4, -0.2) is 21.2 Å². The van der Waals surface area contributed by atoms with E-state index in [0.717, 1.165) is 0 Å². The van der Waals surface area contributed by atoms with Crippen molar-refractivity contribution in [1.82, 2.24) is 15.2 Å². The summed E-state index contributed by atoms with van der Waals surface area (Å²) < 4.78 is 5.58. The maximum Gasteiger partial charge on any atom is 0.316 e. The number of aromatic nitrogens is 3. The molecule has 2 aromatic heterocycles. The van der Waals surface area contributed by atoms with Crippen LogP contribution in [0.1, 0.15) is 32.1 Å². The third kappa shape index (κ3) is 2.50. The van der Waals surface area contributed by atoms with Gasteiger partial charge < -0.3 is 9.73 Å². The highest BCUT2D eigenvalue weighted by Crippen LogP contribution is 2.22. The van der Waals surface area contributed by atoms with Gasteiger partial charge in [-0.25, -0.2) is 0 Å². The monoisotopic (exact) mass is 244 g/mol. The topological polar surface area (TPSA) is 63.8 Å². The maximum atomic E-state index is 5.58. The van der Waals surface area contributed by atoms with Gasteiger partial charge in [0.1, 0.15) is 5.69 Å². The molecule has 5 nitrogen and oxygen atoms in total. The van der Waals surface area contributed by atoms with E-state index in [4.69, 9.17) is 4.42 Å². The van der Waals surface area contributed by atoms with Crippen LogP contribution >= 0.6 is 0 Å². The Morgan fingerprint density at radius 1 is 1.11 bits per heavy atom. The first-order chi connectivity index (χ1) is 8.92. The van der Waals surface area contributed by atoms with Gasteiger partial charge >= 0.3 is 6.01 Å². The molecule has 0 spiro atoms. The Morgan fingerprint density at radius 2 is 2.00 bits per heavy atom. The highest BCUT2D eigenvalue weighted by atomic mass is 16.4. The maximum absolute atomic E-state index is 5.58. The second kappa shape index (κ2) is 5.16. The Bertz CT molecular complexity index is 491. The van der Waals surface area contributed by atoms with Crippen molar-refractivity contribution >= 4 is 6.01 Å². The number of nitrogens with one attached hydrogen (secondary N) is 1. The van der Waals surface area contributed by atoms with Crippen molar-refractivity contribution in [2.24, 2.45) is 0 Å². The summed E-state index contributed by atoms with van der Waals surface area (Å²) in [5, 5.41) is 11.3. The average molecular weight is 244 g/mol. The van der Waals surface area contributed by atoms with Crippen LogP contribution in [-0.2, 0) is 0 Å². The lowest BCUT2D eigenvalue weighted by atomic mass is 9.96. The van der Waals surface area contributed by atoms with Gasteiger partial charge in [-0.15, -0.1) is 5.10 Å². The molecule has 0 unspecified atom stereocenters. The van der Waals surface area contributed by atoms with E-state index in [1.807, 2.05) is 18.2 Å². The van der Waals surface area contributed by atoms with E-state index < -0.39 is 0 Å². The predicted octanol–water partition coefficient (Wildman–Crippen LogP) is 2.88. The van der Waals surface area contributed by atoms with Crippen molar-refractivity contribution in [2.45, 2.75) is 38.1 Å². The molecule has 1 fully saturated rings. The number of nitrogens with zero attached hydrogens (tertiary/aromatic N) is 3.